The smallest absolute Gasteiger partial charge is 0.550 e. The van der Waals surface area contributed by atoms with Gasteiger partial charge in [0.2, 0.25) is 0 Å². The van der Waals surface area contributed by atoms with Crippen molar-refractivity contribution in [1.82, 2.24) is 0 Å². The Labute approximate surface area is 268 Å². The van der Waals surface area contributed by atoms with Gasteiger partial charge in [-0.2, -0.15) is 0 Å². The normalized spacial score (nSPS) is 11.1. The standard InChI is InChI=1S/C30H58O4.2Na/c1-3-5-7-9-11-13-15-17-19-21-23-25-30(29(33)34,27-28(31)32)26-24-22-20-18-16-14-12-10-8-6-4-2;;/h3-27H2,1-2H3,(H,31,32)(H,33,34);;/q;2*+1/p-2. The number of unbranched alkanes of at least 4 members (excludes halogenated alkanes) is 20. The molecule has 0 aliphatic rings. The van der Waals surface area contributed by atoms with Crippen LogP contribution in [0.5, 0.6) is 0 Å². The van der Waals surface area contributed by atoms with Crippen LogP contribution >= 0.6 is 0 Å². The van der Waals surface area contributed by atoms with E-state index in [1.165, 1.54) is 103 Å². The summed E-state index contributed by atoms with van der Waals surface area (Å²) in [5.41, 5.74) is -1.25. The topological polar surface area (TPSA) is 80.3 Å². The predicted molar refractivity (Wildman–Crippen MR) is 139 cm³/mol. The van der Waals surface area contributed by atoms with Crippen molar-refractivity contribution in [2.75, 3.05) is 0 Å². The predicted octanol–water partition coefficient (Wildman–Crippen LogP) is 1.27. The Hall–Kier alpha value is 0.940. The van der Waals surface area contributed by atoms with E-state index in [4.69, 9.17) is 0 Å². The van der Waals surface area contributed by atoms with Crippen LogP contribution in [0.15, 0.2) is 0 Å². The zero-order chi connectivity index (χ0) is 25.3. The van der Waals surface area contributed by atoms with Gasteiger partial charge in [-0.15, -0.1) is 0 Å². The molecule has 0 aromatic rings. The molecule has 0 spiro atoms. The number of carboxylic acid groups (broad SMARTS) is 2. The van der Waals surface area contributed by atoms with Crippen LogP contribution in [-0.4, -0.2) is 11.9 Å². The van der Waals surface area contributed by atoms with Gasteiger partial charge in [0.25, 0.3) is 0 Å². The van der Waals surface area contributed by atoms with Gasteiger partial charge in [-0.25, -0.2) is 0 Å². The first kappa shape index (κ1) is 41.4. The van der Waals surface area contributed by atoms with E-state index in [1.54, 1.807) is 0 Å². The minimum absolute atomic E-state index is 0. The molecular weight excluding hydrogens is 470 g/mol. The molecule has 0 heterocycles. The number of carboxylic acids is 2. The quantitative estimate of drug-likeness (QED) is 0.119. The molecule has 0 atom stereocenters. The third kappa shape index (κ3) is 25.2. The third-order valence-corrected chi connectivity index (χ3v) is 7.43. The minimum Gasteiger partial charge on any atom is -0.550 e. The van der Waals surface area contributed by atoms with Crippen molar-refractivity contribution in [3.63, 3.8) is 0 Å². The van der Waals surface area contributed by atoms with Crippen LogP contribution in [0, 0.1) is 5.41 Å². The second-order valence-corrected chi connectivity index (χ2v) is 10.7. The Morgan fingerprint density at radius 1 is 0.472 bits per heavy atom. The van der Waals surface area contributed by atoms with Crippen molar-refractivity contribution in [3.05, 3.63) is 0 Å². The molecule has 0 radical (unpaired) electrons. The molecule has 0 aromatic heterocycles. The summed E-state index contributed by atoms with van der Waals surface area (Å²) in [5, 5.41) is 23.3. The summed E-state index contributed by atoms with van der Waals surface area (Å²) in [6.07, 6.45) is 26.7. The Kier molecular flexibility index (Phi) is 35.1. The molecular formula is C30H56Na2O4. The molecule has 0 unspecified atom stereocenters. The summed E-state index contributed by atoms with van der Waals surface area (Å²) in [6.45, 7) is 4.47. The van der Waals surface area contributed by atoms with Gasteiger partial charge in [-0.1, -0.05) is 155 Å². The molecule has 0 fully saturated rings. The molecule has 0 bridgehead atoms. The van der Waals surface area contributed by atoms with Gasteiger partial charge in [-0.3, -0.25) is 0 Å². The molecule has 0 saturated carbocycles. The van der Waals surface area contributed by atoms with E-state index in [0.717, 1.165) is 38.5 Å². The molecule has 4 nitrogen and oxygen atoms in total. The largest absolute Gasteiger partial charge is 1.00 e. The van der Waals surface area contributed by atoms with Crippen molar-refractivity contribution >= 4 is 11.9 Å². The fraction of sp³-hybridized carbons (Fsp3) is 0.933. The molecule has 0 aliphatic heterocycles. The maximum atomic E-state index is 12.0. The van der Waals surface area contributed by atoms with Gasteiger partial charge in [0.15, 0.2) is 0 Å². The summed E-state index contributed by atoms with van der Waals surface area (Å²) in [6, 6.07) is 0. The van der Waals surface area contributed by atoms with Crippen LogP contribution in [0.1, 0.15) is 174 Å². The Morgan fingerprint density at radius 2 is 0.722 bits per heavy atom. The molecule has 202 valence electrons. The van der Waals surface area contributed by atoms with E-state index in [0.29, 0.717) is 12.8 Å². The monoisotopic (exact) mass is 526 g/mol. The van der Waals surface area contributed by atoms with E-state index in [-0.39, 0.29) is 59.1 Å². The first-order chi connectivity index (χ1) is 16.5. The number of carbonyl (C=O) groups is 2. The van der Waals surface area contributed by atoms with Crippen LogP contribution in [-0.2, 0) is 9.59 Å². The summed E-state index contributed by atoms with van der Waals surface area (Å²) in [7, 11) is 0. The summed E-state index contributed by atoms with van der Waals surface area (Å²) in [4.78, 5) is 23.3. The molecule has 0 aliphatic carbocycles. The van der Waals surface area contributed by atoms with Crippen molar-refractivity contribution in [1.29, 1.82) is 0 Å². The van der Waals surface area contributed by atoms with Gasteiger partial charge < -0.3 is 19.8 Å². The number of rotatable bonds is 27. The van der Waals surface area contributed by atoms with Gasteiger partial charge in [0.1, 0.15) is 0 Å². The molecule has 6 heteroatoms. The molecule has 0 aromatic carbocycles. The second-order valence-electron chi connectivity index (χ2n) is 10.7. The van der Waals surface area contributed by atoms with Gasteiger partial charge in [-0.05, 0) is 19.3 Å². The van der Waals surface area contributed by atoms with E-state index in [2.05, 4.69) is 13.8 Å². The van der Waals surface area contributed by atoms with E-state index in [9.17, 15) is 19.8 Å². The first-order valence-electron chi connectivity index (χ1n) is 14.9. The van der Waals surface area contributed by atoms with Crippen molar-refractivity contribution < 1.29 is 78.9 Å². The average Bonchev–Trinajstić information content (AvgIpc) is 2.80. The molecule has 36 heavy (non-hydrogen) atoms. The van der Waals surface area contributed by atoms with E-state index >= 15 is 0 Å². The van der Waals surface area contributed by atoms with Crippen LogP contribution < -0.4 is 69.3 Å². The minimum atomic E-state index is -1.27. The maximum absolute atomic E-state index is 12.0. The van der Waals surface area contributed by atoms with Gasteiger partial charge in [0.05, 0.1) is 0 Å². The van der Waals surface area contributed by atoms with E-state index in [1.807, 2.05) is 0 Å². The second kappa shape index (κ2) is 30.5. The third-order valence-electron chi connectivity index (χ3n) is 7.43. The van der Waals surface area contributed by atoms with Crippen LogP contribution in [0.3, 0.4) is 0 Å². The first-order valence-corrected chi connectivity index (χ1v) is 14.9. The summed E-state index contributed by atoms with van der Waals surface area (Å²) in [5.74, 6) is -2.47. The Morgan fingerprint density at radius 3 is 0.944 bits per heavy atom. The van der Waals surface area contributed by atoms with Crippen LogP contribution in [0.25, 0.3) is 0 Å². The zero-order valence-electron chi connectivity index (χ0n) is 24.8. The molecule has 0 rings (SSSR count). The Balaban J connectivity index is -0.00000544. The molecule has 0 N–H and O–H groups in total. The zero-order valence-corrected chi connectivity index (χ0v) is 28.8. The van der Waals surface area contributed by atoms with Gasteiger partial charge >= 0.3 is 59.1 Å². The summed E-state index contributed by atoms with van der Waals surface area (Å²) < 4.78 is 0. The van der Waals surface area contributed by atoms with Crippen molar-refractivity contribution in [3.8, 4) is 0 Å². The maximum Gasteiger partial charge on any atom is 1.00 e. The van der Waals surface area contributed by atoms with Crippen LogP contribution in [0.2, 0.25) is 0 Å². The SMILES string of the molecule is CCCCCCCCCCCCCC(CCCCCCCCCCCCC)(CC(=O)[O-])C(=O)[O-].[Na+].[Na+]. The van der Waals surface area contributed by atoms with Crippen molar-refractivity contribution in [2.45, 2.75) is 174 Å². The Bertz CT molecular complexity index is 460. The fourth-order valence-corrected chi connectivity index (χ4v) is 5.11. The number of hydrogen-bond acceptors (Lipinski definition) is 4. The van der Waals surface area contributed by atoms with Crippen molar-refractivity contribution in [2.24, 2.45) is 5.41 Å². The average molecular weight is 527 g/mol. The number of aliphatic carboxylic acids is 2. The number of hydrogen-bond donors (Lipinski definition) is 0. The summed E-state index contributed by atoms with van der Waals surface area (Å²) >= 11 is 0. The molecule has 0 saturated heterocycles. The van der Waals surface area contributed by atoms with E-state index < -0.39 is 23.8 Å². The number of carbonyl (C=O) groups excluding carboxylic acids is 2. The fourth-order valence-electron chi connectivity index (χ4n) is 5.11. The van der Waals surface area contributed by atoms with Gasteiger partial charge in [0, 0.05) is 17.4 Å². The van der Waals surface area contributed by atoms with Crippen LogP contribution in [0.4, 0.5) is 0 Å². The molecule has 0 amide bonds.